The van der Waals surface area contributed by atoms with Gasteiger partial charge in [-0.2, -0.15) is 0 Å². The van der Waals surface area contributed by atoms with Gasteiger partial charge in [-0.25, -0.2) is 9.59 Å². The van der Waals surface area contributed by atoms with Crippen molar-refractivity contribution in [2.45, 2.75) is 51.0 Å². The highest BCUT2D eigenvalue weighted by Gasteiger charge is 2.41. The largest absolute Gasteiger partial charge is 0.488 e. The van der Waals surface area contributed by atoms with Crippen LogP contribution in [0.25, 0.3) is 0 Å². The van der Waals surface area contributed by atoms with E-state index in [0.717, 1.165) is 0 Å². The molecular weight excluding hydrogens is 540 g/mol. The Bertz CT molecular complexity index is 1330. The lowest BCUT2D eigenvalue weighted by atomic mass is 9.99. The molecule has 0 bridgehead atoms. The topological polar surface area (TPSA) is 94.2 Å². The Balaban J connectivity index is 1.64. The second-order valence-electron chi connectivity index (χ2n) is 10.7. The number of carbonyl (C=O) groups is 3. The summed E-state index contributed by atoms with van der Waals surface area (Å²) in [4.78, 5) is 41.3. The minimum atomic E-state index is -0.871. The minimum Gasteiger partial charge on any atom is -0.488 e. The van der Waals surface area contributed by atoms with Crippen LogP contribution < -0.4 is 10.1 Å². The van der Waals surface area contributed by atoms with Crippen molar-refractivity contribution >= 4 is 35.3 Å². The monoisotopic (exact) mass is 576 g/mol. The van der Waals surface area contributed by atoms with Crippen molar-refractivity contribution in [2.75, 3.05) is 24.1 Å². The zero-order valence-corrected chi connectivity index (χ0v) is 24.6. The molecule has 4 rings (SSSR count). The van der Waals surface area contributed by atoms with E-state index in [0.29, 0.717) is 34.2 Å². The van der Waals surface area contributed by atoms with Gasteiger partial charge in [0.15, 0.2) is 5.78 Å². The third-order valence-electron chi connectivity index (χ3n) is 6.50. The van der Waals surface area contributed by atoms with E-state index in [-0.39, 0.29) is 18.2 Å². The van der Waals surface area contributed by atoms with Crippen molar-refractivity contribution < 1.29 is 28.6 Å². The van der Waals surface area contributed by atoms with Crippen LogP contribution in [-0.2, 0) is 14.3 Å². The van der Waals surface area contributed by atoms with Crippen molar-refractivity contribution in [3.05, 3.63) is 96.1 Å². The van der Waals surface area contributed by atoms with Gasteiger partial charge in [0.2, 0.25) is 0 Å². The van der Waals surface area contributed by atoms with Gasteiger partial charge >= 0.3 is 12.1 Å². The summed E-state index contributed by atoms with van der Waals surface area (Å²) in [5.41, 5.74) is 0.813. The quantitative estimate of drug-likeness (QED) is 0.231. The van der Waals surface area contributed by atoms with E-state index in [9.17, 15) is 14.4 Å². The maximum absolute atomic E-state index is 13.4. The van der Waals surface area contributed by atoms with Gasteiger partial charge in [-0.1, -0.05) is 60.7 Å². The van der Waals surface area contributed by atoms with Crippen LogP contribution in [0.3, 0.4) is 0 Å². The van der Waals surface area contributed by atoms with Gasteiger partial charge in [0.1, 0.15) is 23.5 Å². The number of rotatable bonds is 10. The minimum absolute atomic E-state index is 0.167. The van der Waals surface area contributed by atoms with Crippen LogP contribution >= 0.6 is 11.8 Å². The Hall–Kier alpha value is -3.98. The van der Waals surface area contributed by atoms with Gasteiger partial charge in [0.05, 0.1) is 19.0 Å². The van der Waals surface area contributed by atoms with Crippen LogP contribution in [0, 0.1) is 0 Å². The van der Waals surface area contributed by atoms with Crippen molar-refractivity contribution in [3.63, 3.8) is 0 Å². The molecule has 0 radical (unpaired) electrons. The fraction of sp³-hybridized carbons (Fsp3) is 0.344. The number of thioether (sulfide) groups is 1. The van der Waals surface area contributed by atoms with Gasteiger partial charge in [0.25, 0.3) is 0 Å². The summed E-state index contributed by atoms with van der Waals surface area (Å²) >= 11 is 1.60. The number of hydrogen-bond acceptors (Lipinski definition) is 8. The molecule has 0 aliphatic carbocycles. The third-order valence-corrected chi connectivity index (χ3v) is 7.54. The van der Waals surface area contributed by atoms with Gasteiger partial charge in [0, 0.05) is 29.0 Å². The molecule has 1 saturated heterocycles. The molecule has 0 saturated carbocycles. The van der Waals surface area contributed by atoms with Crippen LogP contribution in [0.15, 0.2) is 84.9 Å². The second kappa shape index (κ2) is 13.6. The third kappa shape index (κ3) is 8.04. The second-order valence-corrected chi connectivity index (χ2v) is 11.7. The van der Waals surface area contributed by atoms with Crippen LogP contribution in [0.5, 0.6) is 5.75 Å². The van der Waals surface area contributed by atoms with Gasteiger partial charge in [-0.15, -0.1) is 11.8 Å². The summed E-state index contributed by atoms with van der Waals surface area (Å²) in [6, 6.07) is 24.1. The van der Waals surface area contributed by atoms with E-state index < -0.39 is 29.8 Å². The number of hydrogen-bond donors (Lipinski definition) is 1. The fourth-order valence-corrected chi connectivity index (χ4v) is 5.80. The smallest absolute Gasteiger partial charge is 0.411 e. The fourth-order valence-electron chi connectivity index (χ4n) is 4.56. The van der Waals surface area contributed by atoms with E-state index in [4.69, 9.17) is 14.2 Å². The van der Waals surface area contributed by atoms with Gasteiger partial charge in [-0.3, -0.25) is 9.69 Å². The maximum Gasteiger partial charge on any atom is 0.411 e. The van der Waals surface area contributed by atoms with Crippen molar-refractivity contribution in [3.8, 4) is 5.75 Å². The van der Waals surface area contributed by atoms with Crippen LogP contribution in [-0.4, -0.2) is 65.3 Å². The predicted octanol–water partition coefficient (Wildman–Crippen LogP) is 6.02. The molecule has 41 heavy (non-hydrogen) atoms. The standard InChI is InChI=1S/C32H36N2O6S/c1-32(2,3)40-31(37)34-21-41-20-27(34)28(39-23-15-9-6-10-16-23)19-26(30(36)38-4)33-25-18-12-11-17-24(25)29(35)22-13-7-5-8-14-22/h5-18,26-28,33H,19-21H2,1-4H3/t26?,27-,28?/m0/s1. The first-order valence-corrected chi connectivity index (χ1v) is 14.6. The first-order valence-electron chi connectivity index (χ1n) is 13.5. The number of para-hydroxylation sites is 2. The maximum atomic E-state index is 13.4. The predicted molar refractivity (Wildman–Crippen MR) is 160 cm³/mol. The molecule has 3 atom stereocenters. The van der Waals surface area contributed by atoms with Crippen molar-refractivity contribution in [1.82, 2.24) is 4.90 Å². The van der Waals surface area contributed by atoms with E-state index >= 15 is 0 Å². The van der Waals surface area contributed by atoms with Crippen LogP contribution in [0.1, 0.15) is 43.1 Å². The summed E-state index contributed by atoms with van der Waals surface area (Å²) in [5.74, 6) is 0.981. The Kier molecular flexibility index (Phi) is 9.94. The molecule has 1 aliphatic heterocycles. The van der Waals surface area contributed by atoms with Crippen molar-refractivity contribution in [1.29, 1.82) is 0 Å². The lowest BCUT2D eigenvalue weighted by Crippen LogP contribution is -2.50. The molecule has 1 N–H and O–H groups in total. The molecule has 8 nitrogen and oxygen atoms in total. The molecule has 1 fully saturated rings. The zero-order valence-electron chi connectivity index (χ0n) is 23.7. The molecule has 3 aromatic carbocycles. The summed E-state index contributed by atoms with van der Waals surface area (Å²) in [7, 11) is 1.32. The number of esters is 1. The Labute approximate surface area is 245 Å². The number of anilines is 1. The Morgan fingerprint density at radius 2 is 1.59 bits per heavy atom. The Morgan fingerprint density at radius 1 is 0.951 bits per heavy atom. The molecule has 2 unspecified atom stereocenters. The number of methoxy groups -OCH3 is 1. The average Bonchev–Trinajstić information content (AvgIpc) is 3.46. The average molecular weight is 577 g/mol. The lowest BCUT2D eigenvalue weighted by Gasteiger charge is -2.34. The molecule has 1 amide bonds. The molecule has 1 aliphatic rings. The number of nitrogens with one attached hydrogen (secondary N) is 1. The number of nitrogens with zero attached hydrogens (tertiary/aromatic N) is 1. The summed E-state index contributed by atoms with van der Waals surface area (Å²) in [6.45, 7) is 5.48. The van der Waals surface area contributed by atoms with E-state index in [1.807, 2.05) is 69.3 Å². The molecule has 9 heteroatoms. The molecular formula is C32H36N2O6S. The molecule has 216 valence electrons. The first-order chi connectivity index (χ1) is 19.7. The van der Waals surface area contributed by atoms with Gasteiger partial charge in [-0.05, 0) is 45.0 Å². The molecule has 3 aromatic rings. The van der Waals surface area contributed by atoms with Crippen LogP contribution in [0.2, 0.25) is 0 Å². The van der Waals surface area contributed by atoms with E-state index in [1.165, 1.54) is 7.11 Å². The molecule has 1 heterocycles. The highest BCUT2D eigenvalue weighted by atomic mass is 32.2. The van der Waals surface area contributed by atoms with Crippen molar-refractivity contribution in [2.24, 2.45) is 0 Å². The highest BCUT2D eigenvalue weighted by molar-refractivity contribution is 7.99. The summed E-state index contributed by atoms with van der Waals surface area (Å²) in [6.07, 6.45) is -0.857. The highest BCUT2D eigenvalue weighted by Crippen LogP contribution is 2.31. The number of carbonyl (C=O) groups excluding carboxylic acids is 3. The Morgan fingerprint density at radius 3 is 2.24 bits per heavy atom. The van der Waals surface area contributed by atoms with E-state index in [1.54, 1.807) is 53.1 Å². The first kappa shape index (κ1) is 30.0. The van der Waals surface area contributed by atoms with E-state index in [2.05, 4.69) is 5.32 Å². The summed E-state index contributed by atoms with van der Waals surface area (Å²) in [5, 5.41) is 3.25. The number of amides is 1. The SMILES string of the molecule is COC(=O)C(CC(Oc1ccccc1)[C@@H]1CSCN1C(=O)OC(C)(C)C)Nc1ccccc1C(=O)c1ccccc1. The lowest BCUT2D eigenvalue weighted by molar-refractivity contribution is -0.142. The summed E-state index contributed by atoms with van der Waals surface area (Å²) < 4.78 is 17.3. The number of ketones is 1. The number of benzene rings is 3. The number of ether oxygens (including phenoxy) is 3. The molecule has 0 spiro atoms. The van der Waals surface area contributed by atoms with Gasteiger partial charge < -0.3 is 19.5 Å². The van der Waals surface area contributed by atoms with Crippen LogP contribution in [0.4, 0.5) is 10.5 Å². The normalized spacial score (nSPS) is 16.4. The molecule has 0 aromatic heterocycles. The zero-order chi connectivity index (χ0) is 29.4.